The lowest BCUT2D eigenvalue weighted by Gasteiger charge is -2.20. The van der Waals surface area contributed by atoms with Gasteiger partial charge in [-0.25, -0.2) is 4.98 Å². The summed E-state index contributed by atoms with van der Waals surface area (Å²) in [5, 5.41) is 0.657. The fourth-order valence-electron chi connectivity index (χ4n) is 3.21. The van der Waals surface area contributed by atoms with Crippen molar-refractivity contribution in [1.82, 2.24) is 9.97 Å². The highest BCUT2D eigenvalue weighted by atomic mass is 32.2. The maximum Gasteiger partial charge on any atom is 0.239 e. The van der Waals surface area contributed by atoms with Crippen LogP contribution in [0.3, 0.4) is 0 Å². The van der Waals surface area contributed by atoms with Gasteiger partial charge >= 0.3 is 0 Å². The van der Waals surface area contributed by atoms with Gasteiger partial charge in [0.15, 0.2) is 5.13 Å². The smallest absolute Gasteiger partial charge is 0.239 e. The second-order valence-electron chi connectivity index (χ2n) is 7.06. The van der Waals surface area contributed by atoms with Crippen molar-refractivity contribution in [2.75, 3.05) is 24.9 Å². The molecule has 0 aliphatic rings. The third kappa shape index (κ3) is 4.87. The molecule has 0 radical (unpaired) electrons. The number of rotatable bonds is 8. The highest BCUT2D eigenvalue weighted by Gasteiger charge is 2.22. The van der Waals surface area contributed by atoms with Crippen LogP contribution in [-0.2, 0) is 11.3 Å². The summed E-state index contributed by atoms with van der Waals surface area (Å²) in [6.07, 6.45) is 3.46. The summed E-state index contributed by atoms with van der Waals surface area (Å²) in [5.41, 5.74) is 2.88. The van der Waals surface area contributed by atoms with Crippen LogP contribution in [0, 0.1) is 6.92 Å². The molecule has 0 bridgehead atoms. The summed E-state index contributed by atoms with van der Waals surface area (Å²) in [7, 11) is 3.27. The zero-order chi connectivity index (χ0) is 22.5. The fourth-order valence-corrected chi connectivity index (χ4v) is 5.05. The largest absolute Gasteiger partial charge is 0.497 e. The van der Waals surface area contributed by atoms with Gasteiger partial charge in [-0.2, -0.15) is 0 Å². The number of aryl methyl sites for hydroxylation is 1. The summed E-state index contributed by atoms with van der Waals surface area (Å²) in [6.45, 7) is 2.46. The van der Waals surface area contributed by atoms with Gasteiger partial charge in [0.1, 0.15) is 17.0 Å². The Labute approximate surface area is 195 Å². The van der Waals surface area contributed by atoms with Gasteiger partial charge in [0.25, 0.3) is 0 Å². The number of hydrogen-bond acceptors (Lipinski definition) is 7. The quantitative estimate of drug-likeness (QED) is 0.327. The number of carbonyl (C=O) groups is 1. The molecule has 2 aromatic heterocycles. The molecule has 0 saturated heterocycles. The van der Waals surface area contributed by atoms with Gasteiger partial charge in [-0.1, -0.05) is 17.4 Å². The minimum absolute atomic E-state index is 0.0155. The molecule has 4 aromatic rings. The summed E-state index contributed by atoms with van der Waals surface area (Å²) in [4.78, 5) is 25.0. The Morgan fingerprint density at radius 1 is 1.03 bits per heavy atom. The molecule has 0 spiro atoms. The number of carbonyl (C=O) groups excluding carboxylic acids is 1. The van der Waals surface area contributed by atoms with Crippen LogP contribution in [0.25, 0.3) is 10.2 Å². The van der Waals surface area contributed by atoms with Crippen molar-refractivity contribution in [3.63, 3.8) is 0 Å². The Bertz CT molecular complexity index is 1210. The molecule has 32 heavy (non-hydrogen) atoms. The van der Waals surface area contributed by atoms with E-state index in [9.17, 15) is 4.79 Å². The second-order valence-corrected chi connectivity index (χ2v) is 9.08. The second kappa shape index (κ2) is 10.0. The first kappa shape index (κ1) is 22.1. The van der Waals surface area contributed by atoms with Crippen molar-refractivity contribution in [3.05, 3.63) is 72.1 Å². The molecular weight excluding hydrogens is 442 g/mol. The highest BCUT2D eigenvalue weighted by Crippen LogP contribution is 2.37. The van der Waals surface area contributed by atoms with Crippen LogP contribution in [0.2, 0.25) is 0 Å². The first-order valence-electron chi connectivity index (χ1n) is 9.99. The van der Waals surface area contributed by atoms with Crippen LogP contribution in [0.4, 0.5) is 5.13 Å². The van der Waals surface area contributed by atoms with Gasteiger partial charge in [0, 0.05) is 17.3 Å². The number of thioether (sulfide) groups is 1. The Morgan fingerprint density at radius 3 is 2.47 bits per heavy atom. The normalized spacial score (nSPS) is 10.8. The molecule has 0 unspecified atom stereocenters. The third-order valence-electron chi connectivity index (χ3n) is 4.96. The summed E-state index contributed by atoms with van der Waals surface area (Å²) in [6, 6.07) is 15.4. The maximum absolute atomic E-state index is 13.4. The van der Waals surface area contributed by atoms with E-state index in [-0.39, 0.29) is 5.91 Å². The molecule has 0 saturated carbocycles. The summed E-state index contributed by atoms with van der Waals surface area (Å²) >= 11 is 3.00. The molecule has 0 atom stereocenters. The van der Waals surface area contributed by atoms with Crippen molar-refractivity contribution in [2.45, 2.75) is 18.4 Å². The summed E-state index contributed by atoms with van der Waals surface area (Å²) in [5.74, 6) is 1.78. The number of hydrogen-bond donors (Lipinski definition) is 0. The number of pyridine rings is 1. The number of anilines is 1. The standard InChI is InChI=1S/C24H23N3O3S2/c1-16-4-9-20(30-3)22-23(16)32-24(26-22)27(14-17-10-12-25-13-11-17)21(28)15-31-19-7-5-18(29-2)6-8-19/h4-13H,14-15H2,1-3H3. The molecule has 2 aromatic carbocycles. The lowest BCUT2D eigenvalue weighted by Crippen LogP contribution is -2.31. The van der Waals surface area contributed by atoms with Crippen LogP contribution < -0.4 is 14.4 Å². The highest BCUT2D eigenvalue weighted by molar-refractivity contribution is 8.00. The molecule has 2 heterocycles. The molecule has 0 fully saturated rings. The van der Waals surface area contributed by atoms with Crippen molar-refractivity contribution in [3.8, 4) is 11.5 Å². The Hall–Kier alpha value is -3.10. The molecule has 0 aliphatic carbocycles. The molecule has 0 N–H and O–H groups in total. The van der Waals surface area contributed by atoms with Crippen LogP contribution in [0.5, 0.6) is 11.5 Å². The van der Waals surface area contributed by atoms with Gasteiger partial charge in [-0.05, 0) is 60.5 Å². The predicted octanol–water partition coefficient (Wildman–Crippen LogP) is 5.34. The van der Waals surface area contributed by atoms with Crippen LogP contribution in [0.15, 0.2) is 65.8 Å². The average molecular weight is 466 g/mol. The van der Waals surface area contributed by atoms with Crippen molar-refractivity contribution in [2.24, 2.45) is 0 Å². The van der Waals surface area contributed by atoms with Gasteiger partial charge < -0.3 is 9.47 Å². The molecular formula is C24H23N3O3S2. The van der Waals surface area contributed by atoms with Gasteiger partial charge in [-0.3, -0.25) is 14.7 Å². The number of thiazole rings is 1. The molecule has 0 aliphatic heterocycles. The fraction of sp³-hybridized carbons (Fsp3) is 0.208. The van der Waals surface area contributed by atoms with Crippen LogP contribution >= 0.6 is 23.1 Å². The summed E-state index contributed by atoms with van der Waals surface area (Å²) < 4.78 is 11.7. The van der Waals surface area contributed by atoms with Crippen molar-refractivity contribution < 1.29 is 14.3 Å². The topological polar surface area (TPSA) is 64.5 Å². The molecule has 4 rings (SSSR count). The van der Waals surface area contributed by atoms with Gasteiger partial charge in [-0.15, -0.1) is 11.8 Å². The predicted molar refractivity (Wildman–Crippen MR) is 130 cm³/mol. The number of ether oxygens (including phenoxy) is 2. The first-order chi connectivity index (χ1) is 15.6. The molecule has 8 heteroatoms. The minimum atomic E-state index is -0.0155. The Balaban J connectivity index is 1.63. The van der Waals surface area contributed by atoms with E-state index in [4.69, 9.17) is 14.5 Å². The van der Waals surface area contributed by atoms with Crippen LogP contribution in [-0.4, -0.2) is 35.8 Å². The van der Waals surface area contributed by atoms with Gasteiger partial charge in [0.2, 0.25) is 5.91 Å². The zero-order valence-corrected chi connectivity index (χ0v) is 19.7. The van der Waals surface area contributed by atoms with E-state index in [1.54, 1.807) is 31.5 Å². The Kier molecular flexibility index (Phi) is 6.92. The van der Waals surface area contributed by atoms with E-state index in [0.29, 0.717) is 23.2 Å². The maximum atomic E-state index is 13.4. The zero-order valence-electron chi connectivity index (χ0n) is 18.1. The number of amides is 1. The molecule has 6 nitrogen and oxygen atoms in total. The van der Waals surface area contributed by atoms with E-state index >= 15 is 0 Å². The van der Waals surface area contributed by atoms with Crippen molar-refractivity contribution >= 4 is 44.4 Å². The average Bonchev–Trinajstić information content (AvgIpc) is 3.28. The lowest BCUT2D eigenvalue weighted by molar-refractivity contribution is -0.116. The monoisotopic (exact) mass is 465 g/mol. The Morgan fingerprint density at radius 2 is 1.78 bits per heavy atom. The number of methoxy groups -OCH3 is 2. The van der Waals surface area contributed by atoms with Crippen molar-refractivity contribution in [1.29, 1.82) is 0 Å². The molecule has 1 amide bonds. The lowest BCUT2D eigenvalue weighted by atomic mass is 10.2. The van der Waals surface area contributed by atoms with E-state index in [1.807, 2.05) is 55.5 Å². The van der Waals surface area contributed by atoms with E-state index in [1.165, 1.54) is 23.1 Å². The SMILES string of the molecule is COc1ccc(SCC(=O)N(Cc2ccncc2)c2nc3c(OC)ccc(C)c3s2)cc1. The van der Waals surface area contributed by atoms with E-state index in [0.717, 1.165) is 32.0 Å². The third-order valence-corrected chi connectivity index (χ3v) is 7.17. The number of benzene rings is 2. The van der Waals surface area contributed by atoms with E-state index in [2.05, 4.69) is 4.98 Å². The first-order valence-corrected chi connectivity index (χ1v) is 11.8. The molecule has 164 valence electrons. The van der Waals surface area contributed by atoms with Gasteiger partial charge in [0.05, 0.1) is 31.2 Å². The van der Waals surface area contributed by atoms with Crippen LogP contribution in [0.1, 0.15) is 11.1 Å². The number of aromatic nitrogens is 2. The minimum Gasteiger partial charge on any atom is -0.497 e. The number of fused-ring (bicyclic) bond motifs is 1. The number of nitrogens with zero attached hydrogens (tertiary/aromatic N) is 3. The van der Waals surface area contributed by atoms with E-state index < -0.39 is 0 Å².